The van der Waals surface area contributed by atoms with Gasteiger partial charge in [0.05, 0.1) is 12.7 Å². The highest BCUT2D eigenvalue weighted by atomic mass is 16.5. The van der Waals surface area contributed by atoms with Crippen molar-refractivity contribution in [3.05, 3.63) is 11.4 Å². The highest BCUT2D eigenvalue weighted by Crippen LogP contribution is 2.19. The van der Waals surface area contributed by atoms with Crippen LogP contribution in [-0.2, 0) is 11.2 Å². The Labute approximate surface area is 116 Å². The van der Waals surface area contributed by atoms with Crippen molar-refractivity contribution in [1.82, 2.24) is 9.97 Å². The zero-order valence-electron chi connectivity index (χ0n) is 12.7. The van der Waals surface area contributed by atoms with E-state index in [4.69, 9.17) is 4.74 Å². The van der Waals surface area contributed by atoms with E-state index >= 15 is 0 Å². The molecule has 0 aliphatic carbocycles. The number of nitrogens with zero attached hydrogens (tertiary/aromatic N) is 2. The van der Waals surface area contributed by atoms with Crippen LogP contribution in [0.3, 0.4) is 0 Å². The van der Waals surface area contributed by atoms with Gasteiger partial charge in [-0.05, 0) is 27.7 Å². The maximum absolute atomic E-state index is 5.52. The van der Waals surface area contributed by atoms with Gasteiger partial charge in [0.25, 0.3) is 0 Å². The standard InChI is InChI=1S/C14H26N4O/c1-6-12-17-13(15-7-2)11(5)14(18-12)16-8-9-19-10(3)4/h10H,6-9H2,1-5H3,(H2,15,16,17,18). The van der Waals surface area contributed by atoms with Crippen LogP contribution in [0.4, 0.5) is 11.6 Å². The summed E-state index contributed by atoms with van der Waals surface area (Å²) in [5, 5.41) is 6.60. The van der Waals surface area contributed by atoms with Gasteiger partial charge in [-0.15, -0.1) is 0 Å². The normalized spacial score (nSPS) is 10.8. The van der Waals surface area contributed by atoms with Crippen LogP contribution in [0.2, 0.25) is 0 Å². The first-order valence-corrected chi connectivity index (χ1v) is 7.05. The lowest BCUT2D eigenvalue weighted by molar-refractivity contribution is 0.0870. The molecule has 0 aliphatic heterocycles. The lowest BCUT2D eigenvalue weighted by Gasteiger charge is -2.14. The van der Waals surface area contributed by atoms with Crippen LogP contribution in [0.25, 0.3) is 0 Å². The minimum atomic E-state index is 0.261. The molecule has 0 spiro atoms. The lowest BCUT2D eigenvalue weighted by atomic mass is 10.3. The summed E-state index contributed by atoms with van der Waals surface area (Å²) in [6.07, 6.45) is 1.09. The van der Waals surface area contributed by atoms with E-state index in [2.05, 4.69) is 34.4 Å². The first-order valence-electron chi connectivity index (χ1n) is 7.05. The summed E-state index contributed by atoms with van der Waals surface area (Å²) in [5.41, 5.74) is 1.06. The van der Waals surface area contributed by atoms with Crippen LogP contribution in [0.15, 0.2) is 0 Å². The van der Waals surface area contributed by atoms with Crippen molar-refractivity contribution in [2.45, 2.75) is 47.1 Å². The molecule has 0 saturated carbocycles. The Balaban J connectivity index is 2.72. The topological polar surface area (TPSA) is 59.1 Å². The quantitative estimate of drug-likeness (QED) is 0.708. The fourth-order valence-corrected chi connectivity index (χ4v) is 1.70. The maximum atomic E-state index is 5.52. The third-order valence-corrected chi connectivity index (χ3v) is 2.70. The summed E-state index contributed by atoms with van der Waals surface area (Å²) >= 11 is 0. The molecule has 0 atom stereocenters. The Morgan fingerprint density at radius 2 is 1.74 bits per heavy atom. The van der Waals surface area contributed by atoms with Gasteiger partial charge in [-0.25, -0.2) is 9.97 Å². The van der Waals surface area contributed by atoms with Crippen molar-refractivity contribution in [2.24, 2.45) is 0 Å². The Morgan fingerprint density at radius 1 is 1.11 bits per heavy atom. The predicted molar refractivity (Wildman–Crippen MR) is 79.9 cm³/mol. The molecule has 0 unspecified atom stereocenters. The molecule has 1 aromatic heterocycles. The smallest absolute Gasteiger partial charge is 0.134 e. The van der Waals surface area contributed by atoms with Crippen LogP contribution in [0, 0.1) is 6.92 Å². The summed E-state index contributed by atoms with van der Waals surface area (Å²) in [6.45, 7) is 12.5. The first-order chi connectivity index (χ1) is 9.08. The zero-order valence-corrected chi connectivity index (χ0v) is 12.7. The van der Waals surface area contributed by atoms with Gasteiger partial charge in [0.2, 0.25) is 0 Å². The van der Waals surface area contributed by atoms with Crippen LogP contribution < -0.4 is 10.6 Å². The Morgan fingerprint density at radius 3 is 2.26 bits per heavy atom. The number of anilines is 2. The van der Waals surface area contributed by atoms with Crippen molar-refractivity contribution in [2.75, 3.05) is 30.3 Å². The fraction of sp³-hybridized carbons (Fsp3) is 0.714. The molecule has 0 fully saturated rings. The van der Waals surface area contributed by atoms with E-state index in [1.165, 1.54) is 0 Å². The zero-order chi connectivity index (χ0) is 14.3. The fourth-order valence-electron chi connectivity index (χ4n) is 1.70. The summed E-state index contributed by atoms with van der Waals surface area (Å²) in [7, 11) is 0. The average Bonchev–Trinajstić information content (AvgIpc) is 2.38. The molecule has 1 rings (SSSR count). The van der Waals surface area contributed by atoms with Gasteiger partial charge < -0.3 is 15.4 Å². The van der Waals surface area contributed by atoms with E-state index in [9.17, 15) is 0 Å². The molecular weight excluding hydrogens is 240 g/mol. The number of hydrogen-bond donors (Lipinski definition) is 2. The number of ether oxygens (including phenoxy) is 1. The monoisotopic (exact) mass is 266 g/mol. The van der Waals surface area contributed by atoms with Crippen molar-refractivity contribution in [3.63, 3.8) is 0 Å². The van der Waals surface area contributed by atoms with Crippen LogP contribution in [0.5, 0.6) is 0 Å². The Hall–Kier alpha value is -1.36. The summed E-state index contributed by atoms with van der Waals surface area (Å²) < 4.78 is 5.52. The minimum Gasteiger partial charge on any atom is -0.377 e. The molecule has 108 valence electrons. The van der Waals surface area contributed by atoms with Gasteiger partial charge in [0, 0.05) is 25.1 Å². The van der Waals surface area contributed by atoms with Gasteiger partial charge in [-0.1, -0.05) is 6.92 Å². The van der Waals surface area contributed by atoms with Crippen molar-refractivity contribution < 1.29 is 4.74 Å². The Kier molecular flexibility index (Phi) is 6.56. The number of nitrogens with one attached hydrogen (secondary N) is 2. The molecule has 1 aromatic rings. The van der Waals surface area contributed by atoms with Gasteiger partial charge in [-0.3, -0.25) is 0 Å². The molecule has 0 amide bonds. The van der Waals surface area contributed by atoms with E-state index in [1.54, 1.807) is 0 Å². The first kappa shape index (κ1) is 15.7. The molecule has 19 heavy (non-hydrogen) atoms. The van der Waals surface area contributed by atoms with E-state index in [-0.39, 0.29) is 6.10 Å². The molecule has 0 bridgehead atoms. The lowest BCUT2D eigenvalue weighted by Crippen LogP contribution is -2.16. The SMILES string of the molecule is CCNc1nc(CC)nc(NCCOC(C)C)c1C. The minimum absolute atomic E-state index is 0.261. The molecule has 0 saturated heterocycles. The van der Waals surface area contributed by atoms with E-state index < -0.39 is 0 Å². The predicted octanol–water partition coefficient (Wildman–Crippen LogP) is 2.62. The Bertz CT molecular complexity index is 393. The summed E-state index contributed by atoms with van der Waals surface area (Å²) in [6, 6.07) is 0. The second kappa shape index (κ2) is 7.94. The average molecular weight is 266 g/mol. The second-order valence-corrected chi connectivity index (χ2v) is 4.69. The van der Waals surface area contributed by atoms with Crippen LogP contribution in [0.1, 0.15) is 39.1 Å². The molecule has 5 nitrogen and oxygen atoms in total. The highest BCUT2D eigenvalue weighted by Gasteiger charge is 2.09. The van der Waals surface area contributed by atoms with Crippen molar-refractivity contribution in [3.8, 4) is 0 Å². The number of hydrogen-bond acceptors (Lipinski definition) is 5. The third-order valence-electron chi connectivity index (χ3n) is 2.70. The number of rotatable bonds is 8. The van der Waals surface area contributed by atoms with Gasteiger partial charge in [-0.2, -0.15) is 0 Å². The van der Waals surface area contributed by atoms with E-state index in [1.807, 2.05) is 20.8 Å². The molecule has 0 aliphatic rings. The second-order valence-electron chi connectivity index (χ2n) is 4.69. The third kappa shape index (κ3) is 5.03. The van der Waals surface area contributed by atoms with Gasteiger partial charge >= 0.3 is 0 Å². The van der Waals surface area contributed by atoms with E-state index in [0.29, 0.717) is 6.61 Å². The molecule has 0 radical (unpaired) electrons. The number of aryl methyl sites for hydroxylation is 1. The van der Waals surface area contributed by atoms with E-state index in [0.717, 1.165) is 42.5 Å². The van der Waals surface area contributed by atoms with Crippen LogP contribution in [-0.4, -0.2) is 35.8 Å². The molecular formula is C14H26N4O. The number of aromatic nitrogens is 2. The van der Waals surface area contributed by atoms with Crippen LogP contribution >= 0.6 is 0 Å². The van der Waals surface area contributed by atoms with Crippen molar-refractivity contribution in [1.29, 1.82) is 0 Å². The maximum Gasteiger partial charge on any atom is 0.134 e. The largest absolute Gasteiger partial charge is 0.377 e. The van der Waals surface area contributed by atoms with Gasteiger partial charge in [0.15, 0.2) is 0 Å². The molecule has 2 N–H and O–H groups in total. The summed E-state index contributed by atoms with van der Waals surface area (Å²) in [5.74, 6) is 2.67. The van der Waals surface area contributed by atoms with Gasteiger partial charge in [0.1, 0.15) is 17.5 Å². The summed E-state index contributed by atoms with van der Waals surface area (Å²) in [4.78, 5) is 9.04. The molecule has 1 heterocycles. The molecule has 5 heteroatoms. The molecule has 0 aromatic carbocycles. The highest BCUT2D eigenvalue weighted by molar-refractivity contribution is 5.57. The van der Waals surface area contributed by atoms with Crippen molar-refractivity contribution >= 4 is 11.6 Å².